The highest BCUT2D eigenvalue weighted by Gasteiger charge is 2.34. The first-order valence-electron chi connectivity index (χ1n) is 9.66. The van der Waals surface area contributed by atoms with Crippen molar-refractivity contribution in [3.8, 4) is 0 Å². The standard InChI is InChI=1S/C22H25FN4O2.HI/c1-15-9-10-16(13-19(15)23)14-26-22(24-2)25-11-5-6-12-27-20(28)17-7-3-4-8-18(17)21(27)29;/h3-4,7-10,13H,5-6,11-12,14H2,1-2H3,(H2,24,25,26);1H. The average Bonchev–Trinajstić information content (AvgIpc) is 2.97. The van der Waals surface area contributed by atoms with E-state index in [2.05, 4.69) is 15.6 Å². The minimum absolute atomic E-state index is 0. The monoisotopic (exact) mass is 524 g/mol. The molecule has 6 nitrogen and oxygen atoms in total. The summed E-state index contributed by atoms with van der Waals surface area (Å²) in [5.74, 6) is -0.0464. The molecule has 0 fully saturated rings. The summed E-state index contributed by atoms with van der Waals surface area (Å²) in [5, 5.41) is 6.33. The predicted molar refractivity (Wildman–Crippen MR) is 126 cm³/mol. The fourth-order valence-electron chi connectivity index (χ4n) is 3.20. The quantitative estimate of drug-likeness (QED) is 0.191. The van der Waals surface area contributed by atoms with Crippen molar-refractivity contribution in [2.24, 2.45) is 4.99 Å². The average molecular weight is 524 g/mol. The maximum atomic E-state index is 13.6. The van der Waals surface area contributed by atoms with Crippen LogP contribution >= 0.6 is 24.0 Å². The van der Waals surface area contributed by atoms with Crippen LogP contribution in [0.1, 0.15) is 44.7 Å². The lowest BCUT2D eigenvalue weighted by molar-refractivity contribution is 0.0652. The van der Waals surface area contributed by atoms with Crippen LogP contribution in [0.5, 0.6) is 0 Å². The molecule has 0 saturated heterocycles. The Hall–Kier alpha value is -2.49. The van der Waals surface area contributed by atoms with Crippen molar-refractivity contribution in [2.75, 3.05) is 20.1 Å². The Kier molecular flexibility index (Phi) is 8.76. The molecule has 1 aliphatic rings. The molecule has 3 rings (SSSR count). The van der Waals surface area contributed by atoms with Gasteiger partial charge in [-0.3, -0.25) is 19.5 Å². The molecule has 0 saturated carbocycles. The van der Waals surface area contributed by atoms with E-state index in [0.29, 0.717) is 48.7 Å². The first-order chi connectivity index (χ1) is 14.0. The smallest absolute Gasteiger partial charge is 0.261 e. The van der Waals surface area contributed by atoms with Crippen molar-refractivity contribution >= 4 is 41.8 Å². The van der Waals surface area contributed by atoms with Crippen molar-refractivity contribution in [1.82, 2.24) is 15.5 Å². The molecule has 30 heavy (non-hydrogen) atoms. The summed E-state index contributed by atoms with van der Waals surface area (Å²) in [5.41, 5.74) is 2.41. The number of aliphatic imine (C=N–C) groups is 1. The second-order valence-corrected chi connectivity index (χ2v) is 6.95. The van der Waals surface area contributed by atoms with Gasteiger partial charge in [0.25, 0.3) is 11.8 Å². The molecule has 0 bridgehead atoms. The highest BCUT2D eigenvalue weighted by Crippen LogP contribution is 2.22. The molecule has 160 valence electrons. The van der Waals surface area contributed by atoms with Gasteiger partial charge in [-0.15, -0.1) is 24.0 Å². The second kappa shape index (κ2) is 11.1. The van der Waals surface area contributed by atoms with Gasteiger partial charge in [0, 0.05) is 26.7 Å². The third kappa shape index (κ3) is 5.56. The van der Waals surface area contributed by atoms with Gasteiger partial charge in [0.1, 0.15) is 5.82 Å². The van der Waals surface area contributed by atoms with Crippen molar-refractivity contribution in [1.29, 1.82) is 0 Å². The topological polar surface area (TPSA) is 73.8 Å². The van der Waals surface area contributed by atoms with Gasteiger partial charge in [0.2, 0.25) is 0 Å². The third-order valence-electron chi connectivity index (χ3n) is 4.90. The number of hydrogen-bond donors (Lipinski definition) is 2. The van der Waals surface area contributed by atoms with Crippen LogP contribution in [0.15, 0.2) is 47.5 Å². The number of unbranched alkanes of at least 4 members (excludes halogenated alkanes) is 1. The maximum absolute atomic E-state index is 13.6. The van der Waals surface area contributed by atoms with Crippen LogP contribution in [-0.2, 0) is 6.54 Å². The number of amides is 2. The Morgan fingerprint density at radius 1 is 1.03 bits per heavy atom. The number of hydrogen-bond acceptors (Lipinski definition) is 3. The van der Waals surface area contributed by atoms with Crippen LogP contribution < -0.4 is 10.6 Å². The lowest BCUT2D eigenvalue weighted by atomic mass is 10.1. The Bertz CT molecular complexity index is 913. The Labute approximate surface area is 193 Å². The van der Waals surface area contributed by atoms with Gasteiger partial charge < -0.3 is 10.6 Å². The zero-order chi connectivity index (χ0) is 20.8. The summed E-state index contributed by atoms with van der Waals surface area (Å²) in [7, 11) is 1.67. The van der Waals surface area contributed by atoms with E-state index < -0.39 is 0 Å². The number of guanidine groups is 1. The number of aryl methyl sites for hydroxylation is 1. The summed E-state index contributed by atoms with van der Waals surface area (Å²) in [6.07, 6.45) is 1.46. The molecular weight excluding hydrogens is 498 g/mol. The molecule has 0 aromatic heterocycles. The van der Waals surface area contributed by atoms with E-state index in [1.54, 1.807) is 44.3 Å². The lowest BCUT2D eigenvalue weighted by Crippen LogP contribution is -2.37. The fourth-order valence-corrected chi connectivity index (χ4v) is 3.20. The number of imide groups is 1. The van der Waals surface area contributed by atoms with E-state index in [0.717, 1.165) is 12.0 Å². The van der Waals surface area contributed by atoms with Crippen LogP contribution in [0.2, 0.25) is 0 Å². The number of fused-ring (bicyclic) bond motifs is 1. The van der Waals surface area contributed by atoms with E-state index in [1.165, 1.54) is 11.0 Å². The van der Waals surface area contributed by atoms with Gasteiger partial charge >= 0.3 is 0 Å². The van der Waals surface area contributed by atoms with Crippen LogP contribution in [0, 0.1) is 12.7 Å². The zero-order valence-corrected chi connectivity index (χ0v) is 19.4. The van der Waals surface area contributed by atoms with E-state index in [1.807, 2.05) is 6.07 Å². The Morgan fingerprint density at radius 2 is 1.70 bits per heavy atom. The van der Waals surface area contributed by atoms with E-state index in [-0.39, 0.29) is 41.6 Å². The van der Waals surface area contributed by atoms with Crippen LogP contribution in [-0.4, -0.2) is 42.8 Å². The molecular formula is C22H26FIN4O2. The van der Waals surface area contributed by atoms with Crippen molar-refractivity contribution in [3.05, 3.63) is 70.5 Å². The van der Waals surface area contributed by atoms with Gasteiger partial charge in [0.15, 0.2) is 5.96 Å². The Morgan fingerprint density at radius 3 is 2.30 bits per heavy atom. The summed E-state index contributed by atoms with van der Waals surface area (Å²) < 4.78 is 13.6. The van der Waals surface area contributed by atoms with Crippen LogP contribution in [0.3, 0.4) is 0 Å². The summed E-state index contributed by atoms with van der Waals surface area (Å²) in [6, 6.07) is 12.0. The van der Waals surface area contributed by atoms with Gasteiger partial charge in [0.05, 0.1) is 11.1 Å². The molecule has 0 atom stereocenters. The molecule has 0 unspecified atom stereocenters. The second-order valence-electron chi connectivity index (χ2n) is 6.95. The highest BCUT2D eigenvalue weighted by atomic mass is 127. The van der Waals surface area contributed by atoms with Crippen LogP contribution in [0.4, 0.5) is 4.39 Å². The van der Waals surface area contributed by atoms with Gasteiger partial charge in [-0.25, -0.2) is 4.39 Å². The number of nitrogens with zero attached hydrogens (tertiary/aromatic N) is 2. The normalized spacial score (nSPS) is 13.2. The largest absolute Gasteiger partial charge is 0.356 e. The van der Waals surface area contributed by atoms with Gasteiger partial charge in [-0.05, 0) is 49.1 Å². The third-order valence-corrected chi connectivity index (χ3v) is 4.90. The minimum atomic E-state index is -0.222. The molecule has 0 aliphatic carbocycles. The minimum Gasteiger partial charge on any atom is -0.356 e. The van der Waals surface area contributed by atoms with Crippen molar-refractivity contribution in [2.45, 2.75) is 26.3 Å². The van der Waals surface area contributed by atoms with Gasteiger partial charge in [-0.2, -0.15) is 0 Å². The fraction of sp³-hybridized carbons (Fsp3) is 0.318. The summed E-state index contributed by atoms with van der Waals surface area (Å²) in [4.78, 5) is 30.1. The van der Waals surface area contributed by atoms with E-state index in [4.69, 9.17) is 0 Å². The number of carbonyl (C=O) groups is 2. The lowest BCUT2D eigenvalue weighted by Gasteiger charge is -2.15. The number of benzene rings is 2. The van der Waals surface area contributed by atoms with Crippen molar-refractivity contribution < 1.29 is 14.0 Å². The molecule has 2 amide bonds. The first kappa shape index (κ1) is 23.8. The van der Waals surface area contributed by atoms with E-state index >= 15 is 0 Å². The van der Waals surface area contributed by atoms with Crippen LogP contribution in [0.25, 0.3) is 0 Å². The molecule has 8 heteroatoms. The predicted octanol–water partition coefficient (Wildman–Crippen LogP) is 3.49. The van der Waals surface area contributed by atoms with Gasteiger partial charge in [-0.1, -0.05) is 24.3 Å². The SMILES string of the molecule is CN=C(NCCCCN1C(=O)c2ccccc2C1=O)NCc1ccc(C)c(F)c1.I. The summed E-state index contributed by atoms with van der Waals surface area (Å²) >= 11 is 0. The number of nitrogens with one attached hydrogen (secondary N) is 2. The highest BCUT2D eigenvalue weighted by molar-refractivity contribution is 14.0. The van der Waals surface area contributed by atoms with Crippen molar-refractivity contribution in [3.63, 3.8) is 0 Å². The summed E-state index contributed by atoms with van der Waals surface area (Å²) in [6.45, 7) is 3.23. The number of halogens is 2. The number of carbonyl (C=O) groups excluding carboxylic acids is 2. The molecule has 0 radical (unpaired) electrons. The molecule has 0 spiro atoms. The molecule has 2 N–H and O–H groups in total. The number of rotatable bonds is 7. The maximum Gasteiger partial charge on any atom is 0.261 e. The Balaban J connectivity index is 0.00000320. The first-order valence-corrected chi connectivity index (χ1v) is 9.66. The molecule has 1 aliphatic heterocycles. The van der Waals surface area contributed by atoms with E-state index in [9.17, 15) is 14.0 Å². The molecule has 2 aromatic rings. The molecule has 1 heterocycles. The molecule has 2 aromatic carbocycles. The zero-order valence-electron chi connectivity index (χ0n) is 17.1.